The van der Waals surface area contributed by atoms with Crippen molar-refractivity contribution in [3.63, 3.8) is 0 Å². The number of carbonyl (C=O) groups is 2. The SMILES string of the molecule is CCOC(=O)Nc1ccc2c(c1)c(-c1ccccc1)[n+](CCC[N+](C)(CC)CC)c1cc(NC(=O)OCC)ccc21. The molecular weight excluding hydrogens is 516 g/mol. The quantitative estimate of drug-likeness (QED) is 0.118. The van der Waals surface area contributed by atoms with Gasteiger partial charge >= 0.3 is 12.2 Å². The Bertz CT molecular complexity index is 1520. The summed E-state index contributed by atoms with van der Waals surface area (Å²) in [4.78, 5) is 24.5. The van der Waals surface area contributed by atoms with Crippen LogP contribution in [0.2, 0.25) is 0 Å². The summed E-state index contributed by atoms with van der Waals surface area (Å²) in [5.41, 5.74) is 4.47. The first-order chi connectivity index (χ1) is 19.8. The number of fused-ring (bicyclic) bond motifs is 3. The third-order valence-electron chi connectivity index (χ3n) is 7.82. The third-order valence-corrected chi connectivity index (χ3v) is 7.82. The summed E-state index contributed by atoms with van der Waals surface area (Å²) in [6.07, 6.45) is 0.0170. The van der Waals surface area contributed by atoms with Gasteiger partial charge in [-0.1, -0.05) is 24.3 Å². The second kappa shape index (κ2) is 13.5. The molecule has 0 fully saturated rings. The highest BCUT2D eigenvalue weighted by Gasteiger charge is 2.26. The largest absolute Gasteiger partial charge is 0.450 e. The van der Waals surface area contributed by atoms with E-state index in [9.17, 15) is 9.59 Å². The number of aromatic nitrogens is 1. The zero-order valence-corrected chi connectivity index (χ0v) is 24.8. The summed E-state index contributed by atoms with van der Waals surface area (Å²) in [6.45, 7) is 12.6. The van der Waals surface area contributed by atoms with Crippen LogP contribution in [0.5, 0.6) is 0 Å². The Balaban J connectivity index is 1.96. The summed E-state index contributed by atoms with van der Waals surface area (Å²) in [6, 6.07) is 22.2. The minimum Gasteiger partial charge on any atom is -0.450 e. The van der Waals surface area contributed by atoms with E-state index in [2.05, 4.69) is 48.2 Å². The average Bonchev–Trinajstić information content (AvgIpc) is 2.97. The van der Waals surface area contributed by atoms with Crippen molar-refractivity contribution >= 4 is 45.2 Å². The summed E-state index contributed by atoms with van der Waals surface area (Å²) in [7, 11) is 2.30. The Labute approximate surface area is 242 Å². The number of aryl methyl sites for hydroxylation is 1. The molecule has 1 aromatic heterocycles. The summed E-state index contributed by atoms with van der Waals surface area (Å²) < 4.78 is 13.6. The van der Waals surface area contributed by atoms with Gasteiger partial charge in [-0.15, -0.1) is 0 Å². The molecule has 4 aromatic rings. The molecule has 0 aliphatic heterocycles. The van der Waals surface area contributed by atoms with Crippen molar-refractivity contribution in [1.29, 1.82) is 0 Å². The van der Waals surface area contributed by atoms with Gasteiger partial charge in [-0.3, -0.25) is 10.6 Å². The van der Waals surface area contributed by atoms with Crippen molar-refractivity contribution < 1.29 is 28.1 Å². The molecule has 0 saturated carbocycles. The molecule has 8 heteroatoms. The number of pyridine rings is 1. The van der Waals surface area contributed by atoms with Crippen LogP contribution in [-0.2, 0) is 16.0 Å². The standard InChI is InChI=1S/C33H40N4O4/c1-6-37(5,7-2)21-13-20-36-30-23-26(35-33(39)41-9-4)17-19-28(30)27-18-16-25(34-32(38)40-8-3)22-29(27)31(36)24-14-11-10-12-15-24/h10-12,14-19,22-23H,6-9,13,20-21H2,1-5H3/p+2. The van der Waals surface area contributed by atoms with E-state index in [4.69, 9.17) is 9.47 Å². The highest BCUT2D eigenvalue weighted by molar-refractivity contribution is 6.11. The lowest BCUT2D eigenvalue weighted by molar-refractivity contribution is -0.908. The number of quaternary nitrogens is 1. The maximum Gasteiger partial charge on any atom is 0.411 e. The number of anilines is 2. The molecule has 1 heterocycles. The fourth-order valence-corrected chi connectivity index (χ4v) is 5.24. The van der Waals surface area contributed by atoms with Gasteiger partial charge in [0.1, 0.15) is 0 Å². The predicted octanol–water partition coefficient (Wildman–Crippen LogP) is 6.96. The molecule has 41 heavy (non-hydrogen) atoms. The summed E-state index contributed by atoms with van der Waals surface area (Å²) in [5, 5.41) is 8.87. The molecule has 8 nitrogen and oxygen atoms in total. The lowest BCUT2D eigenvalue weighted by Crippen LogP contribution is -2.46. The first-order valence-corrected chi connectivity index (χ1v) is 14.5. The van der Waals surface area contributed by atoms with Gasteiger partial charge in [0, 0.05) is 22.7 Å². The monoisotopic (exact) mass is 558 g/mol. The van der Waals surface area contributed by atoms with Crippen LogP contribution in [0.25, 0.3) is 32.9 Å². The maximum absolute atomic E-state index is 12.3. The molecule has 2 amide bonds. The summed E-state index contributed by atoms with van der Waals surface area (Å²) in [5.74, 6) is 0. The van der Waals surface area contributed by atoms with Crippen molar-refractivity contribution in [2.24, 2.45) is 0 Å². The normalized spacial score (nSPS) is 11.4. The molecule has 0 aliphatic rings. The van der Waals surface area contributed by atoms with Crippen LogP contribution in [0.4, 0.5) is 21.0 Å². The number of nitrogens with zero attached hydrogens (tertiary/aromatic N) is 2. The van der Waals surface area contributed by atoms with Crippen molar-refractivity contribution in [2.75, 3.05) is 50.5 Å². The van der Waals surface area contributed by atoms with E-state index in [1.165, 1.54) is 0 Å². The van der Waals surface area contributed by atoms with Gasteiger partial charge in [0.15, 0.2) is 6.54 Å². The molecule has 0 radical (unpaired) electrons. The zero-order chi connectivity index (χ0) is 29.4. The van der Waals surface area contributed by atoms with Gasteiger partial charge in [0.2, 0.25) is 11.2 Å². The van der Waals surface area contributed by atoms with Crippen LogP contribution >= 0.6 is 0 Å². The minimum atomic E-state index is -0.479. The van der Waals surface area contributed by atoms with E-state index >= 15 is 0 Å². The molecule has 0 spiro atoms. The number of nitrogens with one attached hydrogen (secondary N) is 2. The number of hydrogen-bond donors (Lipinski definition) is 2. The molecule has 0 unspecified atom stereocenters. The maximum atomic E-state index is 12.3. The van der Waals surface area contributed by atoms with Crippen molar-refractivity contribution in [3.05, 3.63) is 66.7 Å². The van der Waals surface area contributed by atoms with Crippen molar-refractivity contribution in [1.82, 2.24) is 0 Å². The smallest absolute Gasteiger partial charge is 0.411 e. The topological polar surface area (TPSA) is 80.5 Å². The minimum absolute atomic E-state index is 0.300. The molecule has 216 valence electrons. The van der Waals surface area contributed by atoms with E-state index in [0.717, 1.165) is 70.0 Å². The molecule has 3 aromatic carbocycles. The molecule has 0 bridgehead atoms. The second-order valence-corrected chi connectivity index (χ2v) is 10.4. The molecule has 2 N–H and O–H groups in total. The van der Waals surface area contributed by atoms with E-state index in [1.807, 2.05) is 54.6 Å². The lowest BCUT2D eigenvalue weighted by atomic mass is 9.98. The number of amides is 2. The molecule has 0 atom stereocenters. The summed E-state index contributed by atoms with van der Waals surface area (Å²) >= 11 is 0. The second-order valence-electron chi connectivity index (χ2n) is 10.4. The molecular formula is C33H42N4O4+2. The van der Waals surface area contributed by atoms with Gasteiger partial charge in [-0.2, -0.15) is 4.57 Å². The van der Waals surface area contributed by atoms with Gasteiger partial charge in [-0.05, 0) is 64.1 Å². The Morgan fingerprint density at radius 1 is 0.756 bits per heavy atom. The van der Waals surface area contributed by atoms with E-state index in [1.54, 1.807) is 13.8 Å². The van der Waals surface area contributed by atoms with Gasteiger partial charge in [0.25, 0.3) is 0 Å². The van der Waals surface area contributed by atoms with E-state index in [-0.39, 0.29) is 0 Å². The Kier molecular flexibility index (Phi) is 9.78. The van der Waals surface area contributed by atoms with Crippen LogP contribution in [0.3, 0.4) is 0 Å². The highest BCUT2D eigenvalue weighted by Crippen LogP contribution is 2.34. The Morgan fingerprint density at radius 2 is 1.34 bits per heavy atom. The first-order valence-electron chi connectivity index (χ1n) is 14.5. The zero-order valence-electron chi connectivity index (χ0n) is 24.8. The van der Waals surface area contributed by atoms with Crippen LogP contribution in [0.15, 0.2) is 66.7 Å². The fraction of sp³-hybridized carbons (Fsp3) is 0.364. The number of carbonyl (C=O) groups excluding carboxylic acids is 2. The molecule has 0 aliphatic carbocycles. The number of benzene rings is 3. The Hall–Kier alpha value is -4.17. The number of ether oxygens (including phenoxy) is 2. The fourth-order valence-electron chi connectivity index (χ4n) is 5.24. The lowest BCUT2D eigenvalue weighted by Gasteiger charge is -2.31. The van der Waals surface area contributed by atoms with Crippen LogP contribution < -0.4 is 15.2 Å². The van der Waals surface area contributed by atoms with Crippen LogP contribution in [0, 0.1) is 0 Å². The average molecular weight is 559 g/mol. The Morgan fingerprint density at radius 3 is 1.93 bits per heavy atom. The van der Waals surface area contributed by atoms with Crippen molar-refractivity contribution in [3.8, 4) is 11.3 Å². The molecule has 0 saturated heterocycles. The third kappa shape index (κ3) is 6.95. The van der Waals surface area contributed by atoms with E-state index in [0.29, 0.717) is 24.6 Å². The molecule has 4 rings (SSSR count). The number of hydrogen-bond acceptors (Lipinski definition) is 4. The predicted molar refractivity (Wildman–Crippen MR) is 165 cm³/mol. The van der Waals surface area contributed by atoms with E-state index < -0.39 is 12.2 Å². The van der Waals surface area contributed by atoms with Crippen molar-refractivity contribution in [2.45, 2.75) is 40.7 Å². The number of rotatable bonds is 11. The van der Waals surface area contributed by atoms with Crippen LogP contribution in [-0.4, -0.2) is 56.6 Å². The van der Waals surface area contributed by atoms with Crippen LogP contribution in [0.1, 0.15) is 34.1 Å². The van der Waals surface area contributed by atoms with Gasteiger partial charge in [0.05, 0.1) is 62.8 Å². The highest BCUT2D eigenvalue weighted by atomic mass is 16.6. The first kappa shape index (κ1) is 29.8. The van der Waals surface area contributed by atoms with Gasteiger partial charge < -0.3 is 14.0 Å². The van der Waals surface area contributed by atoms with Gasteiger partial charge in [-0.25, -0.2) is 9.59 Å².